The van der Waals surface area contributed by atoms with Crippen LogP contribution in [-0.2, 0) is 0 Å². The first-order valence-corrected chi connectivity index (χ1v) is 6.26. The topological polar surface area (TPSA) is 26.0 Å². The van der Waals surface area contributed by atoms with Gasteiger partial charge in [-0.15, -0.1) is 11.6 Å². The van der Waals surface area contributed by atoms with Crippen molar-refractivity contribution in [2.45, 2.75) is 31.6 Å². The summed E-state index contributed by atoms with van der Waals surface area (Å²) in [5, 5.41) is 0.610. The minimum atomic E-state index is -0.0874. The molecule has 0 aromatic rings. The molecule has 3 heteroatoms. The highest BCUT2D eigenvalue weighted by atomic mass is 35.5. The molecule has 0 bridgehead atoms. The van der Waals surface area contributed by atoms with E-state index in [2.05, 4.69) is 19.1 Å². The number of allylic oxidation sites excluding steroid dienone is 8. The highest BCUT2D eigenvalue weighted by Crippen LogP contribution is 2.36. The summed E-state index contributed by atoms with van der Waals surface area (Å²) in [5.74, 6) is 0. The molecule has 0 radical (unpaired) electrons. The van der Waals surface area contributed by atoms with Crippen molar-refractivity contribution < 1.29 is 0 Å². The molecule has 2 N–H and O–H groups in total. The Morgan fingerprint density at radius 3 is 2.62 bits per heavy atom. The molecule has 16 heavy (non-hydrogen) atoms. The molecular formula is C13H15Cl2N. The minimum absolute atomic E-state index is 0.0874. The van der Waals surface area contributed by atoms with E-state index in [1.165, 1.54) is 11.1 Å². The van der Waals surface area contributed by atoms with Gasteiger partial charge in [-0.2, -0.15) is 0 Å². The van der Waals surface area contributed by atoms with Crippen molar-refractivity contribution in [1.82, 2.24) is 0 Å². The Kier molecular flexibility index (Phi) is 3.46. The Bertz CT molecular complexity index is 427. The first-order valence-electron chi connectivity index (χ1n) is 5.44. The summed E-state index contributed by atoms with van der Waals surface area (Å²) >= 11 is 12.5. The van der Waals surface area contributed by atoms with Crippen LogP contribution in [-0.4, -0.2) is 5.38 Å². The molecule has 1 unspecified atom stereocenters. The third-order valence-corrected chi connectivity index (χ3v) is 3.69. The first kappa shape index (κ1) is 11.8. The number of hydrogen-bond acceptors (Lipinski definition) is 1. The van der Waals surface area contributed by atoms with Crippen molar-refractivity contribution in [2.24, 2.45) is 5.73 Å². The van der Waals surface area contributed by atoms with Crippen molar-refractivity contribution in [3.05, 3.63) is 45.7 Å². The van der Waals surface area contributed by atoms with Crippen LogP contribution in [0, 0.1) is 0 Å². The van der Waals surface area contributed by atoms with Crippen LogP contribution < -0.4 is 5.73 Å². The van der Waals surface area contributed by atoms with E-state index in [1.54, 1.807) is 0 Å². The van der Waals surface area contributed by atoms with Crippen LogP contribution in [0.4, 0.5) is 0 Å². The van der Waals surface area contributed by atoms with Gasteiger partial charge in [-0.1, -0.05) is 29.3 Å². The van der Waals surface area contributed by atoms with Crippen molar-refractivity contribution in [1.29, 1.82) is 0 Å². The molecule has 0 aromatic carbocycles. The van der Waals surface area contributed by atoms with Gasteiger partial charge in [-0.05, 0) is 37.0 Å². The molecule has 1 atom stereocenters. The summed E-state index contributed by atoms with van der Waals surface area (Å²) in [4.78, 5) is 0. The fraction of sp³-hybridized carbons (Fsp3) is 0.385. The third-order valence-electron chi connectivity index (χ3n) is 3.00. The third kappa shape index (κ3) is 2.36. The van der Waals surface area contributed by atoms with E-state index in [9.17, 15) is 0 Å². The molecule has 2 aliphatic carbocycles. The van der Waals surface area contributed by atoms with Crippen LogP contribution in [0.25, 0.3) is 0 Å². The maximum Gasteiger partial charge on any atom is 0.0656 e. The Labute approximate surface area is 106 Å². The number of nitrogens with two attached hydrogens (primary N) is 1. The van der Waals surface area contributed by atoms with Gasteiger partial charge < -0.3 is 5.73 Å². The molecule has 1 nitrogen and oxygen atoms in total. The summed E-state index contributed by atoms with van der Waals surface area (Å²) in [6.45, 7) is 2.14. The van der Waals surface area contributed by atoms with E-state index in [0.29, 0.717) is 11.5 Å². The predicted octanol–water partition coefficient (Wildman–Crippen LogP) is 4.00. The van der Waals surface area contributed by atoms with Crippen LogP contribution in [0.1, 0.15) is 26.2 Å². The summed E-state index contributed by atoms with van der Waals surface area (Å²) < 4.78 is 0. The molecule has 86 valence electrons. The lowest BCUT2D eigenvalue weighted by Crippen LogP contribution is -2.16. The van der Waals surface area contributed by atoms with Crippen LogP contribution in [0.5, 0.6) is 0 Å². The minimum Gasteiger partial charge on any atom is -0.402 e. The zero-order chi connectivity index (χ0) is 11.7. The van der Waals surface area contributed by atoms with E-state index < -0.39 is 0 Å². The zero-order valence-electron chi connectivity index (χ0n) is 9.26. The molecular weight excluding hydrogens is 241 g/mol. The summed E-state index contributed by atoms with van der Waals surface area (Å²) in [6, 6.07) is 0. The standard InChI is InChI=1S/C13H15Cl2N/c1-8-2-4-9(5-3-8)13-11(14)6-10(16)7-12(13)15/h2,4,6,12H,3,5,7,16H2,1H3. The molecule has 0 aromatic heterocycles. The van der Waals surface area contributed by atoms with Gasteiger partial charge >= 0.3 is 0 Å². The molecule has 0 saturated carbocycles. The lowest BCUT2D eigenvalue weighted by molar-refractivity contribution is 0.847. The fourth-order valence-corrected chi connectivity index (χ4v) is 2.96. The molecule has 0 heterocycles. The quantitative estimate of drug-likeness (QED) is 0.705. The van der Waals surface area contributed by atoms with Gasteiger partial charge in [0.25, 0.3) is 0 Å². The van der Waals surface area contributed by atoms with Crippen LogP contribution in [0.3, 0.4) is 0 Å². The Morgan fingerprint density at radius 1 is 1.31 bits per heavy atom. The Balaban J connectivity index is 2.36. The van der Waals surface area contributed by atoms with Gasteiger partial charge in [0.2, 0.25) is 0 Å². The summed E-state index contributed by atoms with van der Waals surface area (Å²) in [7, 11) is 0. The van der Waals surface area contributed by atoms with Gasteiger partial charge in [0, 0.05) is 17.2 Å². The average Bonchev–Trinajstić information content (AvgIpc) is 2.19. The highest BCUT2D eigenvalue weighted by molar-refractivity contribution is 6.33. The van der Waals surface area contributed by atoms with E-state index in [1.807, 2.05) is 6.08 Å². The molecule has 0 fully saturated rings. The second kappa shape index (κ2) is 4.68. The van der Waals surface area contributed by atoms with Gasteiger partial charge in [0.15, 0.2) is 0 Å². The maximum atomic E-state index is 6.32. The molecule has 0 aliphatic heterocycles. The lowest BCUT2D eigenvalue weighted by atomic mass is 9.88. The lowest BCUT2D eigenvalue weighted by Gasteiger charge is -2.24. The van der Waals surface area contributed by atoms with Crippen LogP contribution in [0.2, 0.25) is 0 Å². The molecule has 2 rings (SSSR count). The van der Waals surface area contributed by atoms with E-state index in [0.717, 1.165) is 24.1 Å². The van der Waals surface area contributed by atoms with Gasteiger partial charge in [0.1, 0.15) is 0 Å². The SMILES string of the molecule is CC1=CC=C(C2=C(Cl)C=C(N)CC2Cl)CC1. The monoisotopic (exact) mass is 255 g/mol. The van der Waals surface area contributed by atoms with E-state index in [4.69, 9.17) is 28.9 Å². The van der Waals surface area contributed by atoms with Crippen molar-refractivity contribution in [2.75, 3.05) is 0 Å². The van der Waals surface area contributed by atoms with Gasteiger partial charge in [-0.25, -0.2) is 0 Å². The number of alkyl halides is 1. The first-order chi connectivity index (χ1) is 7.58. The van der Waals surface area contributed by atoms with E-state index >= 15 is 0 Å². The van der Waals surface area contributed by atoms with E-state index in [-0.39, 0.29) is 5.38 Å². The normalized spacial score (nSPS) is 26.2. The molecule has 0 spiro atoms. The highest BCUT2D eigenvalue weighted by Gasteiger charge is 2.23. The Hall–Kier alpha value is -0.660. The van der Waals surface area contributed by atoms with Gasteiger partial charge in [0.05, 0.1) is 5.38 Å². The molecule has 2 aliphatic rings. The number of rotatable bonds is 1. The zero-order valence-corrected chi connectivity index (χ0v) is 10.8. The second-order valence-corrected chi connectivity index (χ2v) is 5.29. The van der Waals surface area contributed by atoms with Crippen LogP contribution >= 0.6 is 23.2 Å². The molecule has 0 amide bonds. The Morgan fingerprint density at radius 2 is 2.06 bits per heavy atom. The van der Waals surface area contributed by atoms with Crippen molar-refractivity contribution in [3.8, 4) is 0 Å². The second-order valence-electron chi connectivity index (χ2n) is 4.36. The largest absolute Gasteiger partial charge is 0.402 e. The average molecular weight is 256 g/mol. The summed E-state index contributed by atoms with van der Waals surface area (Å²) in [5.41, 5.74) is 10.2. The van der Waals surface area contributed by atoms with Crippen molar-refractivity contribution in [3.63, 3.8) is 0 Å². The van der Waals surface area contributed by atoms with Crippen molar-refractivity contribution >= 4 is 23.2 Å². The molecule has 0 saturated heterocycles. The van der Waals surface area contributed by atoms with Gasteiger partial charge in [-0.3, -0.25) is 0 Å². The smallest absolute Gasteiger partial charge is 0.0656 e. The predicted molar refractivity (Wildman–Crippen MR) is 70.5 cm³/mol. The number of halogens is 2. The maximum absolute atomic E-state index is 6.32. The number of hydrogen-bond donors (Lipinski definition) is 1. The summed E-state index contributed by atoms with van der Waals surface area (Å²) in [6.07, 6.45) is 8.88. The fourth-order valence-electron chi connectivity index (χ4n) is 2.08. The van der Waals surface area contributed by atoms with Crippen LogP contribution in [0.15, 0.2) is 45.7 Å².